The van der Waals surface area contributed by atoms with Crippen molar-refractivity contribution >= 4 is 16.6 Å². The van der Waals surface area contributed by atoms with Gasteiger partial charge in [-0.15, -0.1) is 5.10 Å². The summed E-state index contributed by atoms with van der Waals surface area (Å²) in [7, 11) is 0. The first-order valence-electron chi connectivity index (χ1n) is 7.59. The molecule has 5 rings (SSSR count). The van der Waals surface area contributed by atoms with Crippen molar-refractivity contribution in [2.75, 3.05) is 5.43 Å². The number of anilines is 1. The first-order valence-corrected chi connectivity index (χ1v) is 7.59. The fourth-order valence-electron chi connectivity index (χ4n) is 3.50. The lowest BCUT2D eigenvalue weighted by Gasteiger charge is -2.40. The summed E-state index contributed by atoms with van der Waals surface area (Å²) in [6.07, 6.45) is 5.72. The Labute approximate surface area is 123 Å². The van der Waals surface area contributed by atoms with Crippen molar-refractivity contribution in [3.63, 3.8) is 0 Å². The van der Waals surface area contributed by atoms with Crippen LogP contribution in [0.5, 0.6) is 0 Å². The Balaban J connectivity index is 1.71. The number of hydrazine groups is 1. The van der Waals surface area contributed by atoms with E-state index >= 15 is 0 Å². The summed E-state index contributed by atoms with van der Waals surface area (Å²) >= 11 is 0. The van der Waals surface area contributed by atoms with Crippen molar-refractivity contribution in [2.45, 2.75) is 31.8 Å². The van der Waals surface area contributed by atoms with E-state index in [-0.39, 0.29) is 0 Å². The minimum atomic E-state index is 0.683. The summed E-state index contributed by atoms with van der Waals surface area (Å²) in [6, 6.07) is 11.5. The van der Waals surface area contributed by atoms with Gasteiger partial charge in [0.15, 0.2) is 0 Å². The van der Waals surface area contributed by atoms with E-state index in [4.69, 9.17) is 0 Å². The van der Waals surface area contributed by atoms with Crippen molar-refractivity contribution in [3.05, 3.63) is 42.1 Å². The normalized spacial score (nSPS) is 18.7. The molecule has 1 aromatic rings. The van der Waals surface area contributed by atoms with Crippen LogP contribution < -0.4 is 5.43 Å². The fourth-order valence-corrected chi connectivity index (χ4v) is 3.50. The van der Waals surface area contributed by atoms with Gasteiger partial charge in [-0.1, -0.05) is 18.6 Å². The van der Waals surface area contributed by atoms with Gasteiger partial charge in [0, 0.05) is 29.1 Å². The number of nitrogens with zero attached hydrogens (tertiary/aromatic N) is 3. The molecule has 0 radical (unpaired) electrons. The van der Waals surface area contributed by atoms with Gasteiger partial charge >= 0.3 is 0 Å². The Bertz CT molecular complexity index is 809. The van der Waals surface area contributed by atoms with Crippen LogP contribution in [0, 0.1) is 0 Å². The van der Waals surface area contributed by atoms with Crippen LogP contribution in [0.3, 0.4) is 0 Å². The van der Waals surface area contributed by atoms with Crippen molar-refractivity contribution in [1.29, 1.82) is 0 Å². The highest BCUT2D eigenvalue weighted by Crippen LogP contribution is 2.43. The van der Waals surface area contributed by atoms with Gasteiger partial charge in [0.05, 0.1) is 11.9 Å². The van der Waals surface area contributed by atoms with E-state index in [1.807, 2.05) is 6.07 Å². The van der Waals surface area contributed by atoms with Crippen LogP contribution in [-0.4, -0.2) is 21.2 Å². The van der Waals surface area contributed by atoms with Gasteiger partial charge in [-0.05, 0) is 36.6 Å². The molecule has 104 valence electrons. The van der Waals surface area contributed by atoms with Crippen molar-refractivity contribution in [1.82, 2.24) is 15.2 Å². The topological polar surface area (TPSA) is 41.1 Å². The van der Waals surface area contributed by atoms with E-state index in [1.54, 1.807) is 6.20 Å². The van der Waals surface area contributed by atoms with Gasteiger partial charge in [0.1, 0.15) is 5.52 Å². The number of rotatable bonds is 1. The monoisotopic (exact) mass is 276 g/mol. The largest absolute Gasteiger partial charge is 0.318 e. The smallest absolute Gasteiger partial charge is 0.101 e. The molecule has 1 aliphatic heterocycles. The molecule has 0 unspecified atom stereocenters. The highest BCUT2D eigenvalue weighted by molar-refractivity contribution is 6.00. The highest BCUT2D eigenvalue weighted by atomic mass is 15.5. The molecule has 21 heavy (non-hydrogen) atoms. The zero-order valence-corrected chi connectivity index (χ0v) is 11.7. The molecule has 1 fully saturated rings. The summed E-state index contributed by atoms with van der Waals surface area (Å²) < 4.78 is 0. The van der Waals surface area contributed by atoms with Crippen LogP contribution in [-0.2, 0) is 6.54 Å². The summed E-state index contributed by atoms with van der Waals surface area (Å²) in [5, 5.41) is 12.0. The molecule has 0 amide bonds. The Morgan fingerprint density at radius 2 is 2.05 bits per heavy atom. The lowest BCUT2D eigenvalue weighted by Crippen LogP contribution is -2.44. The number of hydrogen-bond donors (Lipinski definition) is 1. The number of aromatic nitrogens is 2. The number of hydrogen-bond acceptors (Lipinski definition) is 4. The van der Waals surface area contributed by atoms with Gasteiger partial charge in [-0.25, -0.2) is 5.01 Å². The van der Waals surface area contributed by atoms with Gasteiger partial charge in [-0.3, -0.25) is 0 Å². The first kappa shape index (κ1) is 11.5. The van der Waals surface area contributed by atoms with E-state index in [1.165, 1.54) is 41.6 Å². The maximum atomic E-state index is 4.35. The summed E-state index contributed by atoms with van der Waals surface area (Å²) in [5.41, 5.74) is 9.70. The SMILES string of the molecule is c1cc2ccc3c4c(ccc-4c2nn1)NN(C1CCC1)C3. The van der Waals surface area contributed by atoms with Crippen LogP contribution in [0.2, 0.25) is 0 Å². The van der Waals surface area contributed by atoms with Crippen LogP contribution in [0.25, 0.3) is 22.0 Å². The van der Waals surface area contributed by atoms with E-state index in [9.17, 15) is 0 Å². The third kappa shape index (κ3) is 1.59. The molecule has 3 aliphatic carbocycles. The highest BCUT2D eigenvalue weighted by Gasteiger charge is 2.30. The Morgan fingerprint density at radius 1 is 1.10 bits per heavy atom. The maximum Gasteiger partial charge on any atom is 0.101 e. The molecule has 2 heterocycles. The Kier molecular flexibility index (Phi) is 2.26. The molecule has 0 aromatic carbocycles. The third-order valence-electron chi connectivity index (χ3n) is 4.87. The average molecular weight is 276 g/mol. The molecule has 0 atom stereocenters. The van der Waals surface area contributed by atoms with E-state index in [0.29, 0.717) is 6.04 Å². The molecular weight excluding hydrogens is 260 g/mol. The number of fused-ring (bicyclic) bond motifs is 2. The van der Waals surface area contributed by atoms with E-state index < -0.39 is 0 Å². The molecule has 0 bridgehead atoms. The molecule has 4 aliphatic rings. The molecule has 1 N–H and O–H groups in total. The molecule has 4 nitrogen and oxygen atoms in total. The molecule has 4 heteroatoms. The second-order valence-corrected chi connectivity index (χ2v) is 6.05. The Morgan fingerprint density at radius 3 is 2.90 bits per heavy atom. The molecule has 0 saturated heterocycles. The van der Waals surface area contributed by atoms with E-state index in [0.717, 1.165) is 17.4 Å². The molecule has 1 aromatic heterocycles. The first-order chi connectivity index (χ1) is 10.4. The van der Waals surface area contributed by atoms with Gasteiger partial charge in [0.2, 0.25) is 0 Å². The van der Waals surface area contributed by atoms with Gasteiger partial charge in [0.25, 0.3) is 0 Å². The third-order valence-corrected chi connectivity index (χ3v) is 4.87. The van der Waals surface area contributed by atoms with Crippen LogP contribution in [0.15, 0.2) is 36.5 Å². The summed E-state index contributed by atoms with van der Waals surface area (Å²) in [6.45, 7) is 0.965. The lowest BCUT2D eigenvalue weighted by molar-refractivity contribution is 0.148. The predicted octanol–water partition coefficient (Wildman–Crippen LogP) is 3.43. The van der Waals surface area contributed by atoms with Crippen molar-refractivity contribution in [2.24, 2.45) is 0 Å². The second kappa shape index (κ2) is 4.15. The fraction of sp³-hybridized carbons (Fsp3) is 0.294. The standard InChI is InChI=1S/C17H16N4/c1-2-13(3-1)21-10-12-5-4-11-8-9-18-19-17(11)14-6-7-15(20-21)16(12)14/h4-9,13,20H,1-3,10H2. The van der Waals surface area contributed by atoms with Crippen molar-refractivity contribution < 1.29 is 0 Å². The maximum absolute atomic E-state index is 4.35. The minimum absolute atomic E-state index is 0.683. The molecule has 0 spiro atoms. The summed E-state index contributed by atoms with van der Waals surface area (Å²) in [5.74, 6) is 0. The van der Waals surface area contributed by atoms with Gasteiger partial charge < -0.3 is 5.43 Å². The van der Waals surface area contributed by atoms with Crippen LogP contribution in [0.1, 0.15) is 24.8 Å². The zero-order valence-electron chi connectivity index (χ0n) is 11.7. The molecular formula is C17H16N4. The number of nitrogens with one attached hydrogen (secondary N) is 1. The second-order valence-electron chi connectivity index (χ2n) is 6.05. The van der Waals surface area contributed by atoms with E-state index in [2.05, 4.69) is 44.9 Å². The Hall–Kier alpha value is -2.20. The van der Waals surface area contributed by atoms with Gasteiger partial charge in [-0.2, -0.15) is 5.10 Å². The predicted molar refractivity (Wildman–Crippen MR) is 83.0 cm³/mol. The lowest BCUT2D eigenvalue weighted by atomic mass is 9.91. The zero-order chi connectivity index (χ0) is 13.8. The molecule has 1 saturated carbocycles. The van der Waals surface area contributed by atoms with Crippen LogP contribution >= 0.6 is 0 Å². The average Bonchev–Trinajstić information content (AvgIpc) is 2.79. The minimum Gasteiger partial charge on any atom is -0.318 e. The summed E-state index contributed by atoms with van der Waals surface area (Å²) in [4.78, 5) is 0. The van der Waals surface area contributed by atoms with Crippen molar-refractivity contribution in [3.8, 4) is 11.1 Å². The quantitative estimate of drug-likeness (QED) is 0.739. The van der Waals surface area contributed by atoms with Crippen LogP contribution in [0.4, 0.5) is 5.69 Å².